The Morgan fingerprint density at radius 2 is 1.66 bits per heavy atom. The van der Waals surface area contributed by atoms with E-state index < -0.39 is 14.9 Å². The molecule has 0 spiro atoms. The van der Waals surface area contributed by atoms with Crippen LogP contribution in [0.2, 0.25) is 0 Å². The van der Waals surface area contributed by atoms with E-state index in [2.05, 4.69) is 10.00 Å². The average Bonchev–Trinajstić information content (AvgIpc) is 3.21. The molecule has 0 radical (unpaired) electrons. The van der Waals surface area contributed by atoms with Gasteiger partial charge in [0.05, 0.1) is 28.2 Å². The molecule has 3 aromatic carbocycles. The molecule has 1 aliphatic rings. The molecular weight excluding hydrogens is 430 g/mol. The highest BCUT2D eigenvalue weighted by Gasteiger charge is 2.29. The number of non-ortho nitro benzene ring substituents is 1. The van der Waals surface area contributed by atoms with Gasteiger partial charge in [-0.05, 0) is 29.0 Å². The number of sulfonamides is 1. The largest absolute Gasteiger partial charge is 0.282 e. The molecule has 4 aromatic rings. The van der Waals surface area contributed by atoms with Crippen molar-refractivity contribution in [2.75, 3.05) is 26.2 Å². The molecule has 0 bridgehead atoms. The summed E-state index contributed by atoms with van der Waals surface area (Å²) in [5, 5.41) is 17.9. The predicted octanol–water partition coefficient (Wildman–Crippen LogP) is 3.06. The van der Waals surface area contributed by atoms with Crippen LogP contribution in [0.5, 0.6) is 0 Å². The van der Waals surface area contributed by atoms with Crippen molar-refractivity contribution in [1.82, 2.24) is 19.0 Å². The fourth-order valence-corrected chi connectivity index (χ4v) is 5.54. The van der Waals surface area contributed by atoms with Gasteiger partial charge >= 0.3 is 0 Å². The summed E-state index contributed by atoms with van der Waals surface area (Å²) in [6.45, 7) is 2.41. The first kappa shape index (κ1) is 20.6. The highest BCUT2D eigenvalue weighted by Crippen LogP contribution is 2.24. The van der Waals surface area contributed by atoms with Crippen molar-refractivity contribution in [3.63, 3.8) is 0 Å². The molecule has 1 aliphatic heterocycles. The summed E-state index contributed by atoms with van der Waals surface area (Å²) >= 11 is 0. The predicted molar refractivity (Wildman–Crippen MR) is 121 cm³/mol. The molecule has 1 saturated heterocycles. The van der Waals surface area contributed by atoms with Gasteiger partial charge in [-0.2, -0.15) is 9.40 Å². The standard InChI is InChI=1S/C22H21N5O4S/c28-27(29)20-6-8-22-19(13-20)15-23-26(22)16-24-9-11-25(12-10-24)32(30,31)21-7-5-17-3-1-2-4-18(17)14-21/h1-8,13-15H,9-12,16H2. The molecule has 1 aromatic heterocycles. The zero-order chi connectivity index (χ0) is 22.3. The van der Waals surface area contributed by atoms with E-state index >= 15 is 0 Å². The van der Waals surface area contributed by atoms with Gasteiger partial charge in [-0.15, -0.1) is 0 Å². The molecule has 9 nitrogen and oxygen atoms in total. The molecule has 0 aliphatic carbocycles. The second kappa shape index (κ2) is 7.97. The molecule has 0 unspecified atom stereocenters. The minimum absolute atomic E-state index is 0.0320. The fourth-order valence-electron chi connectivity index (χ4n) is 4.08. The van der Waals surface area contributed by atoms with Gasteiger partial charge in [-0.25, -0.2) is 8.42 Å². The topological polar surface area (TPSA) is 102 Å². The Morgan fingerprint density at radius 1 is 0.906 bits per heavy atom. The quantitative estimate of drug-likeness (QED) is 0.341. The summed E-state index contributed by atoms with van der Waals surface area (Å²) in [5.74, 6) is 0. The molecule has 0 saturated carbocycles. The van der Waals surface area contributed by atoms with Crippen LogP contribution in [0.15, 0.2) is 71.8 Å². The molecular formula is C22H21N5O4S. The van der Waals surface area contributed by atoms with Crippen LogP contribution in [0, 0.1) is 10.1 Å². The summed E-state index contributed by atoms with van der Waals surface area (Å²) in [6, 6.07) is 17.6. The summed E-state index contributed by atoms with van der Waals surface area (Å²) in [6.07, 6.45) is 1.61. The van der Waals surface area contributed by atoms with Crippen LogP contribution in [-0.2, 0) is 16.7 Å². The summed E-state index contributed by atoms with van der Waals surface area (Å²) in [7, 11) is -3.57. The van der Waals surface area contributed by atoms with E-state index in [0.29, 0.717) is 43.1 Å². The summed E-state index contributed by atoms with van der Waals surface area (Å²) < 4.78 is 29.6. The Balaban J connectivity index is 1.28. The summed E-state index contributed by atoms with van der Waals surface area (Å²) in [4.78, 5) is 13.0. The Bertz CT molecular complexity index is 1420. The number of hydrogen-bond donors (Lipinski definition) is 0. The van der Waals surface area contributed by atoms with E-state index in [4.69, 9.17) is 0 Å². The summed E-state index contributed by atoms with van der Waals surface area (Å²) in [5.41, 5.74) is 0.839. The minimum atomic E-state index is -3.57. The molecule has 5 rings (SSSR count). The SMILES string of the molecule is O=[N+]([O-])c1ccc2c(cnn2CN2CCN(S(=O)(=O)c3ccc4ccccc4c3)CC2)c1. The van der Waals surface area contributed by atoms with E-state index in [9.17, 15) is 18.5 Å². The number of fused-ring (bicyclic) bond motifs is 2. The van der Waals surface area contributed by atoms with E-state index in [0.717, 1.165) is 16.3 Å². The molecule has 10 heteroatoms. The molecule has 1 fully saturated rings. The Morgan fingerprint density at radius 3 is 2.41 bits per heavy atom. The lowest BCUT2D eigenvalue weighted by Gasteiger charge is -2.33. The molecule has 32 heavy (non-hydrogen) atoms. The van der Waals surface area contributed by atoms with E-state index in [1.54, 1.807) is 29.1 Å². The van der Waals surface area contributed by atoms with Gasteiger partial charge in [0.1, 0.15) is 0 Å². The van der Waals surface area contributed by atoms with Crippen molar-refractivity contribution < 1.29 is 13.3 Å². The number of rotatable bonds is 5. The molecule has 0 amide bonds. The highest BCUT2D eigenvalue weighted by atomic mass is 32.2. The van der Waals surface area contributed by atoms with Crippen LogP contribution in [0.4, 0.5) is 5.69 Å². The van der Waals surface area contributed by atoms with Gasteiger partial charge in [0.15, 0.2) is 0 Å². The molecule has 164 valence electrons. The third kappa shape index (κ3) is 3.72. The number of nitro groups is 1. The van der Waals surface area contributed by atoms with Crippen molar-refractivity contribution in [3.8, 4) is 0 Å². The van der Waals surface area contributed by atoms with Crippen molar-refractivity contribution in [2.45, 2.75) is 11.6 Å². The Hall–Kier alpha value is -3.34. The lowest BCUT2D eigenvalue weighted by Crippen LogP contribution is -2.48. The maximum Gasteiger partial charge on any atom is 0.270 e. The lowest BCUT2D eigenvalue weighted by molar-refractivity contribution is -0.384. The van der Waals surface area contributed by atoms with Crippen molar-refractivity contribution >= 4 is 37.4 Å². The van der Waals surface area contributed by atoms with Crippen LogP contribution in [0.3, 0.4) is 0 Å². The number of hydrogen-bond acceptors (Lipinski definition) is 6. The van der Waals surface area contributed by atoms with Crippen molar-refractivity contribution in [2.24, 2.45) is 0 Å². The van der Waals surface area contributed by atoms with Crippen molar-refractivity contribution in [1.29, 1.82) is 0 Å². The minimum Gasteiger partial charge on any atom is -0.282 e. The average molecular weight is 452 g/mol. The highest BCUT2D eigenvalue weighted by molar-refractivity contribution is 7.89. The Kier molecular flexibility index (Phi) is 5.12. The molecule has 0 atom stereocenters. The molecule has 2 heterocycles. The Labute approximate surface area is 184 Å². The fraction of sp³-hybridized carbons (Fsp3) is 0.227. The van der Waals surface area contributed by atoms with Crippen LogP contribution < -0.4 is 0 Å². The number of aromatic nitrogens is 2. The van der Waals surface area contributed by atoms with Crippen LogP contribution in [-0.4, -0.2) is 58.5 Å². The number of piperazine rings is 1. The second-order valence-corrected chi connectivity index (χ2v) is 9.75. The van der Waals surface area contributed by atoms with E-state index in [1.807, 2.05) is 30.3 Å². The first-order valence-electron chi connectivity index (χ1n) is 10.2. The van der Waals surface area contributed by atoms with Crippen LogP contribution >= 0.6 is 0 Å². The van der Waals surface area contributed by atoms with Gasteiger partial charge in [-0.1, -0.05) is 30.3 Å². The second-order valence-electron chi connectivity index (χ2n) is 7.82. The van der Waals surface area contributed by atoms with Crippen LogP contribution in [0.1, 0.15) is 0 Å². The monoisotopic (exact) mass is 451 g/mol. The number of nitro benzene ring substituents is 1. The van der Waals surface area contributed by atoms with Gasteiger partial charge in [-0.3, -0.25) is 19.7 Å². The molecule has 0 N–H and O–H groups in total. The third-order valence-corrected chi connectivity index (χ3v) is 7.75. The van der Waals surface area contributed by atoms with Crippen molar-refractivity contribution in [3.05, 3.63) is 77.0 Å². The van der Waals surface area contributed by atoms with Crippen LogP contribution in [0.25, 0.3) is 21.7 Å². The zero-order valence-corrected chi connectivity index (χ0v) is 18.0. The number of benzene rings is 3. The number of nitrogens with zero attached hydrogens (tertiary/aromatic N) is 5. The van der Waals surface area contributed by atoms with E-state index in [1.165, 1.54) is 16.4 Å². The maximum absolute atomic E-state index is 13.2. The van der Waals surface area contributed by atoms with Gasteiger partial charge in [0.2, 0.25) is 10.0 Å². The van der Waals surface area contributed by atoms with Gasteiger partial charge < -0.3 is 0 Å². The maximum atomic E-state index is 13.2. The normalized spacial score (nSPS) is 16.0. The smallest absolute Gasteiger partial charge is 0.270 e. The lowest BCUT2D eigenvalue weighted by atomic mass is 10.1. The zero-order valence-electron chi connectivity index (χ0n) is 17.2. The van der Waals surface area contributed by atoms with E-state index in [-0.39, 0.29) is 5.69 Å². The first-order valence-corrected chi connectivity index (χ1v) is 11.7. The van der Waals surface area contributed by atoms with Gasteiger partial charge in [0.25, 0.3) is 5.69 Å². The third-order valence-electron chi connectivity index (χ3n) is 5.86. The first-order chi connectivity index (χ1) is 15.4. The van der Waals surface area contributed by atoms with Gasteiger partial charge in [0, 0.05) is 43.7 Å².